The summed E-state index contributed by atoms with van der Waals surface area (Å²) in [5.74, 6) is 1.74. The van der Waals surface area contributed by atoms with E-state index in [2.05, 4.69) is 27.3 Å². The van der Waals surface area contributed by atoms with Gasteiger partial charge in [-0.3, -0.25) is 4.79 Å². The van der Waals surface area contributed by atoms with Crippen molar-refractivity contribution in [1.29, 1.82) is 0 Å². The van der Waals surface area contributed by atoms with Gasteiger partial charge >= 0.3 is 0 Å². The molecule has 2 aromatic rings. The van der Waals surface area contributed by atoms with Gasteiger partial charge in [0.1, 0.15) is 5.01 Å². The number of benzene rings is 1. The summed E-state index contributed by atoms with van der Waals surface area (Å²) in [4.78, 5) is 19.4. The molecule has 0 aliphatic carbocycles. The fourth-order valence-electron chi connectivity index (χ4n) is 3.84. The van der Waals surface area contributed by atoms with Gasteiger partial charge in [0.05, 0.1) is 12.1 Å². The van der Waals surface area contributed by atoms with E-state index >= 15 is 0 Å². The van der Waals surface area contributed by atoms with E-state index in [0.29, 0.717) is 6.42 Å². The van der Waals surface area contributed by atoms with E-state index in [1.54, 1.807) is 11.3 Å². The minimum absolute atomic E-state index is 0. The van der Waals surface area contributed by atoms with Crippen LogP contribution in [0.4, 0.5) is 0 Å². The van der Waals surface area contributed by atoms with Crippen LogP contribution in [0.5, 0.6) is 0 Å². The van der Waals surface area contributed by atoms with Crippen LogP contribution in [0, 0.1) is 11.8 Å². The first-order chi connectivity index (χ1) is 11.8. The molecular weight excluding hydrogens is 389 g/mol. The molecule has 0 saturated carbocycles. The third-order valence-electron chi connectivity index (χ3n) is 5.28. The Morgan fingerprint density at radius 2 is 1.77 bits per heavy atom. The normalized spacial score (nSPS) is 21.9. The zero-order valence-electron chi connectivity index (χ0n) is 14.6. The number of carbonyl (C=O) groups excluding carboxylic acids is 1. The Bertz CT molecular complexity index is 696. The summed E-state index contributed by atoms with van der Waals surface area (Å²) >= 11 is 1.62. The second kappa shape index (κ2) is 9.70. The van der Waals surface area contributed by atoms with Gasteiger partial charge in [0.25, 0.3) is 0 Å². The average molecular weight is 414 g/mol. The van der Waals surface area contributed by atoms with Gasteiger partial charge in [0.2, 0.25) is 5.91 Å². The van der Waals surface area contributed by atoms with Gasteiger partial charge in [-0.05, 0) is 37.8 Å². The van der Waals surface area contributed by atoms with Gasteiger partial charge in [0.15, 0.2) is 0 Å². The predicted molar refractivity (Wildman–Crippen MR) is 111 cm³/mol. The maximum absolute atomic E-state index is 12.7. The van der Waals surface area contributed by atoms with E-state index in [4.69, 9.17) is 0 Å². The van der Waals surface area contributed by atoms with E-state index in [-0.39, 0.29) is 30.7 Å². The standard InChI is InChI=1S/C19H23N3OS.2ClH/c23-18(22-8-6-15-11-20-12-16(15)7-9-22)10-17-13-24-19(21-17)14-4-2-1-3-5-14;;/h1-5,13,15-16,20H,6-12H2;2*1H/t15-,16+;;. The number of halogens is 2. The van der Waals surface area contributed by atoms with Crippen molar-refractivity contribution in [3.8, 4) is 10.6 Å². The van der Waals surface area contributed by atoms with E-state index in [9.17, 15) is 4.79 Å². The SMILES string of the molecule is Cl.Cl.O=C(Cc1csc(-c2ccccc2)n1)N1CC[C@@H]2CNC[C@@H]2CC1. The van der Waals surface area contributed by atoms with Crippen LogP contribution >= 0.6 is 36.2 Å². The third kappa shape index (κ3) is 4.77. The minimum atomic E-state index is 0. The minimum Gasteiger partial charge on any atom is -0.342 e. The lowest BCUT2D eigenvalue weighted by atomic mass is 9.92. The molecule has 142 valence electrons. The van der Waals surface area contributed by atoms with Crippen LogP contribution in [0.3, 0.4) is 0 Å². The van der Waals surface area contributed by atoms with Crippen LogP contribution in [0.25, 0.3) is 10.6 Å². The summed E-state index contributed by atoms with van der Waals surface area (Å²) < 4.78 is 0. The molecule has 1 N–H and O–H groups in total. The molecule has 2 atom stereocenters. The first kappa shape index (κ1) is 21.2. The highest BCUT2D eigenvalue weighted by molar-refractivity contribution is 7.13. The molecule has 7 heteroatoms. The fraction of sp³-hybridized carbons (Fsp3) is 0.474. The Kier molecular flexibility index (Phi) is 7.89. The average Bonchev–Trinajstić information content (AvgIpc) is 3.21. The smallest absolute Gasteiger partial charge is 0.228 e. The number of hydrogen-bond donors (Lipinski definition) is 1. The largest absolute Gasteiger partial charge is 0.342 e. The monoisotopic (exact) mass is 413 g/mol. The van der Waals surface area contributed by atoms with Crippen molar-refractivity contribution in [2.75, 3.05) is 26.2 Å². The number of rotatable bonds is 3. The van der Waals surface area contributed by atoms with Gasteiger partial charge < -0.3 is 10.2 Å². The lowest BCUT2D eigenvalue weighted by Gasteiger charge is -2.20. The molecule has 2 fully saturated rings. The Labute approximate surface area is 171 Å². The number of nitrogens with zero attached hydrogens (tertiary/aromatic N) is 2. The summed E-state index contributed by atoms with van der Waals surface area (Å²) in [6, 6.07) is 10.2. The third-order valence-corrected chi connectivity index (χ3v) is 6.22. The van der Waals surface area contributed by atoms with Crippen LogP contribution in [-0.2, 0) is 11.2 Å². The van der Waals surface area contributed by atoms with Crippen LogP contribution in [0.2, 0.25) is 0 Å². The van der Waals surface area contributed by atoms with Crippen LogP contribution in [0.15, 0.2) is 35.7 Å². The van der Waals surface area contributed by atoms with Gasteiger partial charge in [0, 0.05) is 24.0 Å². The van der Waals surface area contributed by atoms with Crippen LogP contribution in [-0.4, -0.2) is 42.0 Å². The fourth-order valence-corrected chi connectivity index (χ4v) is 4.66. The molecule has 4 rings (SSSR count). The Morgan fingerprint density at radius 1 is 1.12 bits per heavy atom. The van der Waals surface area contributed by atoms with Crippen molar-refractivity contribution >= 4 is 42.1 Å². The van der Waals surface area contributed by atoms with E-state index in [0.717, 1.165) is 67.1 Å². The first-order valence-corrected chi connectivity index (χ1v) is 9.66. The molecule has 1 aromatic carbocycles. The lowest BCUT2D eigenvalue weighted by Crippen LogP contribution is -2.34. The van der Waals surface area contributed by atoms with Crippen molar-refractivity contribution in [3.63, 3.8) is 0 Å². The maximum Gasteiger partial charge on any atom is 0.228 e. The molecule has 26 heavy (non-hydrogen) atoms. The molecule has 0 radical (unpaired) electrons. The zero-order valence-corrected chi connectivity index (χ0v) is 17.0. The number of hydrogen-bond acceptors (Lipinski definition) is 4. The van der Waals surface area contributed by atoms with Crippen LogP contribution < -0.4 is 5.32 Å². The van der Waals surface area contributed by atoms with E-state index in [1.807, 2.05) is 23.6 Å². The van der Waals surface area contributed by atoms with Crippen molar-refractivity contribution in [3.05, 3.63) is 41.4 Å². The molecule has 2 aliphatic rings. The number of fused-ring (bicyclic) bond motifs is 1. The quantitative estimate of drug-likeness (QED) is 0.834. The second-order valence-corrected chi connectivity index (χ2v) is 7.68. The number of amides is 1. The van der Waals surface area contributed by atoms with Gasteiger partial charge in [-0.15, -0.1) is 36.2 Å². The molecule has 4 nitrogen and oxygen atoms in total. The summed E-state index contributed by atoms with van der Waals surface area (Å²) in [6.07, 6.45) is 2.70. The molecule has 3 heterocycles. The molecule has 1 amide bonds. The van der Waals surface area contributed by atoms with E-state index < -0.39 is 0 Å². The van der Waals surface area contributed by atoms with Crippen LogP contribution in [0.1, 0.15) is 18.5 Å². The van der Waals surface area contributed by atoms with Crippen molar-refractivity contribution in [1.82, 2.24) is 15.2 Å². The highest BCUT2D eigenvalue weighted by Crippen LogP contribution is 2.28. The number of carbonyl (C=O) groups is 1. The molecule has 0 spiro atoms. The molecule has 2 saturated heterocycles. The predicted octanol–water partition coefficient (Wildman–Crippen LogP) is 3.65. The lowest BCUT2D eigenvalue weighted by molar-refractivity contribution is -0.130. The maximum atomic E-state index is 12.7. The molecule has 2 aliphatic heterocycles. The Hall–Kier alpha value is -1.14. The van der Waals surface area contributed by atoms with Gasteiger partial charge in [-0.1, -0.05) is 30.3 Å². The summed E-state index contributed by atoms with van der Waals surface area (Å²) in [5.41, 5.74) is 2.02. The first-order valence-electron chi connectivity index (χ1n) is 8.78. The summed E-state index contributed by atoms with van der Waals surface area (Å²) in [7, 11) is 0. The highest BCUT2D eigenvalue weighted by atomic mass is 35.5. The molecule has 0 bridgehead atoms. The summed E-state index contributed by atoms with van der Waals surface area (Å²) in [6.45, 7) is 4.05. The van der Waals surface area contributed by atoms with E-state index in [1.165, 1.54) is 0 Å². The number of likely N-dealkylation sites (tertiary alicyclic amines) is 1. The van der Waals surface area contributed by atoms with Gasteiger partial charge in [-0.25, -0.2) is 4.98 Å². The Morgan fingerprint density at radius 3 is 2.42 bits per heavy atom. The number of thiazole rings is 1. The number of nitrogens with one attached hydrogen (secondary N) is 1. The molecular formula is C19H25Cl2N3OS. The van der Waals surface area contributed by atoms with Crippen molar-refractivity contribution in [2.24, 2.45) is 11.8 Å². The topological polar surface area (TPSA) is 45.2 Å². The zero-order chi connectivity index (χ0) is 16.4. The second-order valence-electron chi connectivity index (χ2n) is 6.82. The molecule has 0 unspecified atom stereocenters. The van der Waals surface area contributed by atoms with Crippen molar-refractivity contribution < 1.29 is 4.79 Å². The highest BCUT2D eigenvalue weighted by Gasteiger charge is 2.31. The van der Waals surface area contributed by atoms with Gasteiger partial charge in [-0.2, -0.15) is 0 Å². The summed E-state index contributed by atoms with van der Waals surface area (Å²) in [5, 5.41) is 6.50. The molecule has 1 aromatic heterocycles. The number of aromatic nitrogens is 1. The van der Waals surface area contributed by atoms with Crippen molar-refractivity contribution in [2.45, 2.75) is 19.3 Å². The Balaban J connectivity index is 0.00000121.